The van der Waals surface area contributed by atoms with Crippen molar-refractivity contribution in [2.75, 3.05) is 13.1 Å². The van der Waals surface area contributed by atoms with E-state index in [4.69, 9.17) is 4.74 Å². The molecule has 3 aliphatic heterocycles. The molecule has 0 radical (unpaired) electrons. The Morgan fingerprint density at radius 2 is 1.92 bits per heavy atom. The number of H-pyrrole nitrogens is 1. The maximum atomic E-state index is 6.29. The molecule has 1 N–H and O–H groups in total. The van der Waals surface area contributed by atoms with Crippen molar-refractivity contribution < 1.29 is 4.74 Å². The van der Waals surface area contributed by atoms with Crippen molar-refractivity contribution in [3.05, 3.63) is 48.8 Å². The first-order valence-electron chi connectivity index (χ1n) is 9.22. The smallest absolute Gasteiger partial charge is 0.213 e. The van der Waals surface area contributed by atoms with Crippen molar-refractivity contribution in [2.45, 2.75) is 31.9 Å². The van der Waals surface area contributed by atoms with Crippen LogP contribution in [0.5, 0.6) is 5.88 Å². The van der Waals surface area contributed by atoms with Gasteiger partial charge in [0.25, 0.3) is 0 Å². The number of benzene rings is 1. The zero-order valence-electron chi connectivity index (χ0n) is 14.5. The highest BCUT2D eigenvalue weighted by Gasteiger charge is 2.41. The van der Waals surface area contributed by atoms with E-state index < -0.39 is 0 Å². The minimum Gasteiger partial charge on any atom is -0.472 e. The van der Waals surface area contributed by atoms with E-state index in [9.17, 15) is 0 Å². The van der Waals surface area contributed by atoms with Crippen LogP contribution >= 0.6 is 0 Å². The molecule has 1 aromatic carbocycles. The fraction of sp³-hybridized carbons (Fsp3) is 0.381. The summed E-state index contributed by atoms with van der Waals surface area (Å²) in [7, 11) is 0. The second kappa shape index (κ2) is 5.88. The second-order valence-corrected chi connectivity index (χ2v) is 7.36. The number of rotatable bonds is 3. The number of aromatic nitrogens is 2. The van der Waals surface area contributed by atoms with E-state index in [2.05, 4.69) is 52.1 Å². The normalized spacial score (nSPS) is 28.4. The Balaban J connectivity index is 1.36. The zero-order chi connectivity index (χ0) is 16.8. The van der Waals surface area contributed by atoms with Gasteiger partial charge in [-0.2, -0.15) is 0 Å². The average molecular weight is 333 g/mol. The maximum absolute atomic E-state index is 6.29. The Bertz CT molecular complexity index is 876. The molecule has 2 bridgehead atoms. The van der Waals surface area contributed by atoms with Gasteiger partial charge in [-0.1, -0.05) is 6.07 Å². The van der Waals surface area contributed by atoms with Gasteiger partial charge >= 0.3 is 0 Å². The summed E-state index contributed by atoms with van der Waals surface area (Å²) in [5.41, 5.74) is 3.47. The SMILES string of the molecule is C[C@H]1[C@H](Oc2ccc(-c3ccc4[nH]ccc4c3)cn2)C2CCN1CC2. The number of ether oxygens (including phenoxy) is 1. The molecule has 2 aromatic heterocycles. The Kier molecular flexibility index (Phi) is 3.52. The summed E-state index contributed by atoms with van der Waals surface area (Å²) >= 11 is 0. The summed E-state index contributed by atoms with van der Waals surface area (Å²) in [6.07, 6.45) is 6.68. The molecule has 5 heterocycles. The first-order valence-corrected chi connectivity index (χ1v) is 9.22. The molecule has 4 heteroatoms. The Hall–Kier alpha value is -2.33. The molecule has 6 rings (SSSR count). The lowest BCUT2D eigenvalue weighted by Gasteiger charge is -2.49. The number of fused-ring (bicyclic) bond motifs is 4. The molecule has 0 aliphatic carbocycles. The lowest BCUT2D eigenvalue weighted by atomic mass is 9.81. The van der Waals surface area contributed by atoms with E-state index in [0.29, 0.717) is 12.0 Å². The highest BCUT2D eigenvalue weighted by molar-refractivity contribution is 5.84. The van der Waals surface area contributed by atoms with Crippen LogP contribution in [0.2, 0.25) is 0 Å². The minimum atomic E-state index is 0.275. The molecule has 3 aromatic rings. The summed E-state index contributed by atoms with van der Waals surface area (Å²) in [6, 6.07) is 13.2. The van der Waals surface area contributed by atoms with Gasteiger partial charge in [0, 0.05) is 35.6 Å². The Morgan fingerprint density at radius 3 is 2.68 bits per heavy atom. The number of pyridine rings is 1. The zero-order valence-corrected chi connectivity index (χ0v) is 14.5. The van der Waals surface area contributed by atoms with E-state index in [1.54, 1.807) is 0 Å². The van der Waals surface area contributed by atoms with Crippen molar-refractivity contribution in [3.63, 3.8) is 0 Å². The molecule has 0 saturated carbocycles. The first kappa shape index (κ1) is 15.0. The van der Waals surface area contributed by atoms with E-state index in [0.717, 1.165) is 17.0 Å². The van der Waals surface area contributed by atoms with Crippen LogP contribution in [0.25, 0.3) is 22.0 Å². The number of nitrogens with one attached hydrogen (secondary N) is 1. The second-order valence-electron chi connectivity index (χ2n) is 7.36. The third-order valence-electron chi connectivity index (χ3n) is 5.97. The molecule has 128 valence electrons. The molecule has 2 atom stereocenters. The molecule has 3 fully saturated rings. The quantitative estimate of drug-likeness (QED) is 0.785. The van der Waals surface area contributed by atoms with Crippen molar-refractivity contribution >= 4 is 10.9 Å². The van der Waals surface area contributed by atoms with Gasteiger partial charge < -0.3 is 9.72 Å². The van der Waals surface area contributed by atoms with Crippen LogP contribution in [-0.2, 0) is 0 Å². The van der Waals surface area contributed by atoms with Crippen LogP contribution in [0.15, 0.2) is 48.8 Å². The van der Waals surface area contributed by atoms with Crippen LogP contribution in [-0.4, -0.2) is 40.1 Å². The minimum absolute atomic E-state index is 0.275. The largest absolute Gasteiger partial charge is 0.472 e. The fourth-order valence-electron chi connectivity index (χ4n) is 4.44. The Labute approximate surface area is 147 Å². The van der Waals surface area contributed by atoms with Crippen LogP contribution in [0.4, 0.5) is 0 Å². The van der Waals surface area contributed by atoms with Gasteiger partial charge in [0.05, 0.1) is 0 Å². The topological polar surface area (TPSA) is 41.1 Å². The summed E-state index contributed by atoms with van der Waals surface area (Å²) in [5.74, 6) is 1.43. The van der Waals surface area contributed by atoms with E-state index >= 15 is 0 Å². The summed E-state index contributed by atoms with van der Waals surface area (Å²) in [5, 5.41) is 1.22. The molecule has 0 unspecified atom stereocenters. The van der Waals surface area contributed by atoms with Gasteiger partial charge in [0.2, 0.25) is 5.88 Å². The third kappa shape index (κ3) is 2.61. The van der Waals surface area contributed by atoms with Crippen LogP contribution in [0, 0.1) is 5.92 Å². The van der Waals surface area contributed by atoms with E-state index in [1.807, 2.05) is 18.5 Å². The molecular weight excluding hydrogens is 310 g/mol. The van der Waals surface area contributed by atoms with Crippen molar-refractivity contribution in [2.24, 2.45) is 5.92 Å². The number of hydrogen-bond acceptors (Lipinski definition) is 3. The average Bonchev–Trinajstić information content (AvgIpc) is 3.13. The molecule has 3 saturated heterocycles. The van der Waals surface area contributed by atoms with Gasteiger partial charge in [-0.3, -0.25) is 4.90 Å². The third-order valence-corrected chi connectivity index (χ3v) is 5.97. The summed E-state index contributed by atoms with van der Waals surface area (Å²) in [4.78, 5) is 10.4. The number of aromatic amines is 1. The molecule has 0 spiro atoms. The van der Waals surface area contributed by atoms with Gasteiger partial charge in [-0.25, -0.2) is 4.98 Å². The lowest BCUT2D eigenvalue weighted by Crippen LogP contribution is -2.58. The predicted molar refractivity (Wildman–Crippen MR) is 99.7 cm³/mol. The summed E-state index contributed by atoms with van der Waals surface area (Å²) in [6.45, 7) is 4.73. The fourth-order valence-corrected chi connectivity index (χ4v) is 4.44. The lowest BCUT2D eigenvalue weighted by molar-refractivity contribution is -0.0525. The standard InChI is InChI=1S/C21H23N3O/c1-14-21(15-7-10-24(14)11-8-15)25-20-5-3-18(13-23-20)16-2-4-19-17(12-16)6-9-22-19/h2-6,9,12-15,21-22H,7-8,10-11H2,1H3/t14-,21-/m0/s1. The molecule has 25 heavy (non-hydrogen) atoms. The van der Waals surface area contributed by atoms with Gasteiger partial charge in [0.1, 0.15) is 6.10 Å². The summed E-state index contributed by atoms with van der Waals surface area (Å²) < 4.78 is 6.29. The monoisotopic (exact) mass is 333 g/mol. The number of nitrogens with zero attached hydrogens (tertiary/aromatic N) is 2. The van der Waals surface area contributed by atoms with Gasteiger partial charge in [-0.15, -0.1) is 0 Å². The maximum Gasteiger partial charge on any atom is 0.213 e. The molecule has 3 aliphatic rings. The van der Waals surface area contributed by atoms with Crippen molar-refractivity contribution in [1.29, 1.82) is 0 Å². The van der Waals surface area contributed by atoms with E-state index in [1.165, 1.54) is 36.9 Å². The van der Waals surface area contributed by atoms with E-state index in [-0.39, 0.29) is 6.10 Å². The number of piperidine rings is 3. The first-order chi connectivity index (χ1) is 12.3. The van der Waals surface area contributed by atoms with Crippen LogP contribution in [0.1, 0.15) is 19.8 Å². The van der Waals surface area contributed by atoms with Crippen molar-refractivity contribution in [3.8, 4) is 17.0 Å². The van der Waals surface area contributed by atoms with Crippen molar-refractivity contribution in [1.82, 2.24) is 14.9 Å². The van der Waals surface area contributed by atoms with Gasteiger partial charge in [0.15, 0.2) is 0 Å². The van der Waals surface area contributed by atoms with Crippen LogP contribution in [0.3, 0.4) is 0 Å². The molecule has 4 nitrogen and oxygen atoms in total. The number of hydrogen-bond donors (Lipinski definition) is 1. The predicted octanol–water partition coefficient (Wildman–Crippen LogP) is 4.09. The molecule has 0 amide bonds. The van der Waals surface area contributed by atoms with Crippen LogP contribution < -0.4 is 4.74 Å². The highest BCUT2D eigenvalue weighted by atomic mass is 16.5. The van der Waals surface area contributed by atoms with Gasteiger partial charge in [-0.05, 0) is 74.0 Å². The molecular formula is C21H23N3O. The Morgan fingerprint density at radius 1 is 1.08 bits per heavy atom. The highest BCUT2D eigenvalue weighted by Crippen LogP contribution is 2.34.